The van der Waals surface area contributed by atoms with Crippen LogP contribution < -0.4 is 10.6 Å². The minimum atomic E-state index is 0.162. The summed E-state index contributed by atoms with van der Waals surface area (Å²) in [5.41, 5.74) is 1.15. The molecule has 5 heteroatoms. The number of piperidine rings is 1. The molecular weight excluding hydrogens is 240 g/mol. The summed E-state index contributed by atoms with van der Waals surface area (Å²) in [7, 11) is 1.92. The highest BCUT2D eigenvalue weighted by molar-refractivity contribution is 5.75. The Bertz CT molecular complexity index is 396. The number of carbonyl (C=O) groups is 1. The predicted molar refractivity (Wildman–Crippen MR) is 74.8 cm³/mol. The number of rotatable bonds is 6. The summed E-state index contributed by atoms with van der Waals surface area (Å²) in [6.07, 6.45) is 7.98. The molecule has 2 N–H and O–H groups in total. The van der Waals surface area contributed by atoms with E-state index in [1.165, 1.54) is 19.3 Å². The van der Waals surface area contributed by atoms with Crippen molar-refractivity contribution in [3.63, 3.8) is 0 Å². The monoisotopic (exact) mass is 264 g/mol. The quantitative estimate of drug-likeness (QED) is 0.806. The van der Waals surface area contributed by atoms with Crippen molar-refractivity contribution in [2.75, 3.05) is 13.1 Å². The molecule has 1 aliphatic heterocycles. The van der Waals surface area contributed by atoms with Gasteiger partial charge in [-0.2, -0.15) is 5.10 Å². The molecule has 1 aromatic heterocycles. The van der Waals surface area contributed by atoms with Crippen LogP contribution in [0.3, 0.4) is 0 Å². The average Bonchev–Trinajstić information content (AvgIpc) is 2.83. The van der Waals surface area contributed by atoms with Crippen LogP contribution >= 0.6 is 0 Å². The van der Waals surface area contributed by atoms with Gasteiger partial charge >= 0.3 is 0 Å². The zero-order valence-electron chi connectivity index (χ0n) is 11.7. The Hall–Kier alpha value is -1.36. The Kier molecular flexibility index (Phi) is 5.39. The first-order valence-electron chi connectivity index (χ1n) is 7.22. The predicted octanol–water partition coefficient (Wildman–Crippen LogP) is 1.00. The lowest BCUT2D eigenvalue weighted by molar-refractivity contribution is -0.121. The summed E-state index contributed by atoms with van der Waals surface area (Å²) < 4.78 is 1.85. The molecule has 1 atom stereocenters. The van der Waals surface area contributed by atoms with Gasteiger partial charge in [0.15, 0.2) is 0 Å². The van der Waals surface area contributed by atoms with Crippen LogP contribution in [0.25, 0.3) is 0 Å². The summed E-state index contributed by atoms with van der Waals surface area (Å²) in [4.78, 5) is 11.7. The molecule has 19 heavy (non-hydrogen) atoms. The van der Waals surface area contributed by atoms with E-state index in [1.807, 2.05) is 17.8 Å². The highest BCUT2D eigenvalue weighted by Gasteiger charge is 2.13. The summed E-state index contributed by atoms with van der Waals surface area (Å²) in [6, 6.07) is 2.52. The van der Waals surface area contributed by atoms with Crippen LogP contribution in [0.1, 0.15) is 37.8 Å². The van der Waals surface area contributed by atoms with E-state index in [0.717, 1.165) is 25.1 Å². The minimum Gasteiger partial charge on any atom is -0.356 e. The second kappa shape index (κ2) is 7.28. The van der Waals surface area contributed by atoms with Gasteiger partial charge in [-0.3, -0.25) is 9.48 Å². The average molecular weight is 264 g/mol. The maximum atomic E-state index is 11.7. The van der Waals surface area contributed by atoms with Crippen LogP contribution in [0, 0.1) is 0 Å². The van der Waals surface area contributed by atoms with Crippen molar-refractivity contribution < 1.29 is 4.79 Å². The molecule has 1 fully saturated rings. The van der Waals surface area contributed by atoms with Gasteiger partial charge in [-0.25, -0.2) is 0 Å². The molecule has 1 saturated heterocycles. The Balaban J connectivity index is 1.58. The van der Waals surface area contributed by atoms with Crippen LogP contribution in [-0.4, -0.2) is 34.8 Å². The number of carbonyl (C=O) groups excluding carboxylic acids is 1. The molecule has 2 rings (SSSR count). The van der Waals surface area contributed by atoms with Gasteiger partial charge in [-0.15, -0.1) is 0 Å². The van der Waals surface area contributed by atoms with Crippen molar-refractivity contribution in [2.45, 2.75) is 44.6 Å². The molecule has 0 bridgehead atoms. The topological polar surface area (TPSA) is 59.0 Å². The van der Waals surface area contributed by atoms with E-state index in [9.17, 15) is 4.79 Å². The molecule has 1 amide bonds. The number of hydrogen-bond donors (Lipinski definition) is 2. The van der Waals surface area contributed by atoms with Crippen molar-refractivity contribution in [1.29, 1.82) is 0 Å². The maximum Gasteiger partial charge on any atom is 0.220 e. The van der Waals surface area contributed by atoms with Crippen molar-refractivity contribution >= 4 is 5.91 Å². The SMILES string of the molecule is Cn1nccc1CCNC(=O)CCC1CCCCN1. The van der Waals surface area contributed by atoms with E-state index in [4.69, 9.17) is 0 Å². The molecule has 0 saturated carbocycles. The van der Waals surface area contributed by atoms with Crippen molar-refractivity contribution in [1.82, 2.24) is 20.4 Å². The first-order valence-corrected chi connectivity index (χ1v) is 7.22. The molecule has 1 aliphatic rings. The van der Waals surface area contributed by atoms with Gasteiger partial charge < -0.3 is 10.6 Å². The Morgan fingerprint density at radius 2 is 2.47 bits per heavy atom. The van der Waals surface area contributed by atoms with Crippen LogP contribution in [0.2, 0.25) is 0 Å². The lowest BCUT2D eigenvalue weighted by Crippen LogP contribution is -2.35. The third kappa shape index (κ3) is 4.67. The van der Waals surface area contributed by atoms with Crippen molar-refractivity contribution in [3.8, 4) is 0 Å². The van der Waals surface area contributed by atoms with Crippen LogP contribution in [0.5, 0.6) is 0 Å². The minimum absolute atomic E-state index is 0.162. The smallest absolute Gasteiger partial charge is 0.220 e. The fourth-order valence-electron chi connectivity index (χ4n) is 2.54. The second-order valence-corrected chi connectivity index (χ2v) is 5.23. The molecule has 0 aromatic carbocycles. The second-order valence-electron chi connectivity index (χ2n) is 5.23. The van der Waals surface area contributed by atoms with Crippen LogP contribution in [0.4, 0.5) is 0 Å². The fraction of sp³-hybridized carbons (Fsp3) is 0.714. The molecule has 0 spiro atoms. The zero-order chi connectivity index (χ0) is 13.5. The Labute approximate surface area is 114 Å². The number of aryl methyl sites for hydroxylation is 1. The van der Waals surface area contributed by atoms with Gasteiger partial charge in [0.05, 0.1) is 0 Å². The van der Waals surface area contributed by atoms with Gasteiger partial charge in [0.2, 0.25) is 5.91 Å². The summed E-state index contributed by atoms with van der Waals surface area (Å²) in [5.74, 6) is 0.162. The summed E-state index contributed by atoms with van der Waals surface area (Å²) in [6.45, 7) is 1.79. The number of aromatic nitrogens is 2. The van der Waals surface area contributed by atoms with E-state index in [2.05, 4.69) is 15.7 Å². The highest BCUT2D eigenvalue weighted by Crippen LogP contribution is 2.11. The largest absolute Gasteiger partial charge is 0.356 e. The van der Waals surface area contributed by atoms with Gasteiger partial charge in [-0.05, 0) is 31.9 Å². The number of amides is 1. The summed E-state index contributed by atoms with van der Waals surface area (Å²) >= 11 is 0. The molecule has 0 radical (unpaired) electrons. The standard InChI is InChI=1S/C14H24N4O/c1-18-13(8-11-17-18)7-10-16-14(19)6-5-12-4-2-3-9-15-12/h8,11-12,15H,2-7,9-10H2,1H3,(H,16,19). The third-order valence-electron chi connectivity index (χ3n) is 3.76. The molecule has 0 aliphatic carbocycles. The number of nitrogens with one attached hydrogen (secondary N) is 2. The van der Waals surface area contributed by atoms with E-state index >= 15 is 0 Å². The van der Waals surface area contributed by atoms with E-state index in [-0.39, 0.29) is 5.91 Å². The highest BCUT2D eigenvalue weighted by atomic mass is 16.1. The first kappa shape index (κ1) is 14.1. The Morgan fingerprint density at radius 1 is 1.58 bits per heavy atom. The van der Waals surface area contributed by atoms with E-state index in [0.29, 0.717) is 19.0 Å². The molecule has 1 unspecified atom stereocenters. The first-order chi connectivity index (χ1) is 9.25. The lowest BCUT2D eigenvalue weighted by atomic mass is 10.0. The normalized spacial score (nSPS) is 19.3. The van der Waals surface area contributed by atoms with Crippen molar-refractivity contribution in [3.05, 3.63) is 18.0 Å². The molecule has 2 heterocycles. The molecular formula is C14H24N4O. The molecule has 1 aromatic rings. The van der Waals surface area contributed by atoms with E-state index < -0.39 is 0 Å². The van der Waals surface area contributed by atoms with Crippen LogP contribution in [-0.2, 0) is 18.3 Å². The van der Waals surface area contributed by atoms with Gasteiger partial charge in [0.25, 0.3) is 0 Å². The number of nitrogens with zero attached hydrogens (tertiary/aromatic N) is 2. The summed E-state index contributed by atoms with van der Waals surface area (Å²) in [5, 5.41) is 10.6. The van der Waals surface area contributed by atoms with Gasteiger partial charge in [0.1, 0.15) is 0 Å². The zero-order valence-corrected chi connectivity index (χ0v) is 11.7. The fourth-order valence-corrected chi connectivity index (χ4v) is 2.54. The number of hydrogen-bond acceptors (Lipinski definition) is 3. The van der Waals surface area contributed by atoms with Gasteiger partial charge in [-0.1, -0.05) is 6.42 Å². The molecule has 5 nitrogen and oxygen atoms in total. The van der Waals surface area contributed by atoms with E-state index in [1.54, 1.807) is 6.20 Å². The van der Waals surface area contributed by atoms with Crippen molar-refractivity contribution in [2.24, 2.45) is 7.05 Å². The third-order valence-corrected chi connectivity index (χ3v) is 3.76. The van der Waals surface area contributed by atoms with Gasteiger partial charge in [0, 0.05) is 44.4 Å². The Morgan fingerprint density at radius 3 is 3.16 bits per heavy atom. The lowest BCUT2D eigenvalue weighted by Gasteiger charge is -2.23. The maximum absolute atomic E-state index is 11.7. The van der Waals surface area contributed by atoms with Crippen LogP contribution in [0.15, 0.2) is 12.3 Å². The molecule has 106 valence electrons.